The summed E-state index contributed by atoms with van der Waals surface area (Å²) < 4.78 is 16.1. The van der Waals surface area contributed by atoms with Gasteiger partial charge in [-0.05, 0) is 34.7 Å². The molecular formula is C8H6ClINO4P. The molecule has 0 saturated carbocycles. The number of halogens is 2. The second-order valence-corrected chi connectivity index (χ2v) is 5.72. The van der Waals surface area contributed by atoms with E-state index in [1.54, 1.807) is 12.1 Å². The molecule has 0 aliphatic rings. The van der Waals surface area contributed by atoms with Crippen LogP contribution in [-0.4, -0.2) is 14.8 Å². The molecule has 1 aromatic carbocycles. The third-order valence-corrected chi connectivity index (χ3v) is 3.96. The van der Waals surface area contributed by atoms with Crippen LogP contribution in [0.3, 0.4) is 0 Å². The Morgan fingerprint density at radius 1 is 1.44 bits per heavy atom. The Hall–Kier alpha value is -0.270. The van der Waals surface area contributed by atoms with Crippen molar-refractivity contribution in [3.05, 3.63) is 26.9 Å². The zero-order chi connectivity index (χ0) is 11.9. The van der Waals surface area contributed by atoms with E-state index < -0.39 is 7.82 Å². The summed E-state index contributed by atoms with van der Waals surface area (Å²) in [5.41, 5.74) is 0.661. The number of rotatable bonds is 2. The van der Waals surface area contributed by atoms with Crippen molar-refractivity contribution < 1.29 is 18.9 Å². The predicted molar refractivity (Wildman–Crippen MR) is 68.7 cm³/mol. The molecule has 0 bridgehead atoms. The van der Waals surface area contributed by atoms with Crippen molar-refractivity contribution in [2.75, 3.05) is 0 Å². The molecule has 3 N–H and O–H groups in total. The average Bonchev–Trinajstić information content (AvgIpc) is 2.53. The highest BCUT2D eigenvalue weighted by Crippen LogP contribution is 2.43. The number of hydrogen-bond acceptors (Lipinski definition) is 2. The third-order valence-electron chi connectivity index (χ3n) is 1.92. The monoisotopic (exact) mass is 373 g/mol. The number of nitrogens with one attached hydrogen (secondary N) is 1. The smallest absolute Gasteiger partial charge is 0.402 e. The Morgan fingerprint density at radius 3 is 2.75 bits per heavy atom. The van der Waals surface area contributed by atoms with Crippen LogP contribution in [0.15, 0.2) is 18.3 Å². The summed E-state index contributed by atoms with van der Waals surface area (Å²) in [4.78, 5) is 20.3. The predicted octanol–water partition coefficient (Wildman–Crippen LogP) is 2.90. The van der Waals surface area contributed by atoms with E-state index in [0.717, 1.165) is 3.57 Å². The van der Waals surface area contributed by atoms with Crippen LogP contribution >= 0.6 is 42.0 Å². The van der Waals surface area contributed by atoms with Crippen molar-refractivity contribution in [2.24, 2.45) is 0 Å². The van der Waals surface area contributed by atoms with E-state index in [2.05, 4.69) is 9.51 Å². The number of fused-ring (bicyclic) bond motifs is 1. The molecule has 0 atom stereocenters. The molecule has 5 nitrogen and oxygen atoms in total. The number of phosphoric ester groups is 1. The summed E-state index contributed by atoms with van der Waals surface area (Å²) in [6.45, 7) is 0. The van der Waals surface area contributed by atoms with Gasteiger partial charge in [0.15, 0.2) is 5.75 Å². The quantitative estimate of drug-likeness (QED) is 0.558. The maximum atomic E-state index is 10.8. The molecule has 86 valence electrons. The zero-order valence-corrected chi connectivity index (χ0v) is 11.5. The minimum atomic E-state index is -4.57. The van der Waals surface area contributed by atoms with Crippen molar-refractivity contribution >= 4 is 52.9 Å². The first-order valence-electron chi connectivity index (χ1n) is 4.09. The van der Waals surface area contributed by atoms with Gasteiger partial charge >= 0.3 is 7.82 Å². The molecule has 1 aromatic heterocycles. The first-order valence-corrected chi connectivity index (χ1v) is 7.07. The largest absolute Gasteiger partial charge is 0.524 e. The number of aromatic nitrogens is 1. The minimum absolute atomic E-state index is 0.0480. The number of benzene rings is 1. The van der Waals surface area contributed by atoms with Gasteiger partial charge in [-0.15, -0.1) is 0 Å². The van der Waals surface area contributed by atoms with Gasteiger partial charge < -0.3 is 9.51 Å². The molecule has 0 aliphatic carbocycles. The maximum Gasteiger partial charge on any atom is 0.524 e. The highest BCUT2D eigenvalue weighted by Gasteiger charge is 2.20. The van der Waals surface area contributed by atoms with E-state index in [9.17, 15) is 4.57 Å². The fraction of sp³-hybridized carbons (Fsp3) is 0. The molecule has 0 amide bonds. The summed E-state index contributed by atoms with van der Waals surface area (Å²) in [6, 6.07) is 3.55. The molecular weight excluding hydrogens is 367 g/mol. The molecule has 0 aliphatic heterocycles. The molecule has 16 heavy (non-hydrogen) atoms. The van der Waals surface area contributed by atoms with Crippen LogP contribution in [0.4, 0.5) is 0 Å². The molecule has 2 rings (SSSR count). The second kappa shape index (κ2) is 4.19. The van der Waals surface area contributed by atoms with Crippen molar-refractivity contribution in [2.45, 2.75) is 0 Å². The summed E-state index contributed by atoms with van der Waals surface area (Å²) in [5.74, 6) is 0.0480. The summed E-state index contributed by atoms with van der Waals surface area (Å²) in [5, 5.41) is 0.875. The van der Waals surface area contributed by atoms with Crippen LogP contribution in [0.2, 0.25) is 5.02 Å². The van der Waals surface area contributed by atoms with Crippen LogP contribution in [-0.2, 0) is 4.57 Å². The lowest BCUT2D eigenvalue weighted by atomic mass is 10.2. The third kappa shape index (κ3) is 2.36. The summed E-state index contributed by atoms with van der Waals surface area (Å²) in [7, 11) is -4.57. The summed E-state index contributed by atoms with van der Waals surface area (Å²) >= 11 is 8.07. The Morgan fingerprint density at radius 2 is 2.12 bits per heavy atom. The Labute approximate surface area is 109 Å². The number of aromatic amines is 1. The second-order valence-electron chi connectivity index (χ2n) is 3.02. The van der Waals surface area contributed by atoms with Gasteiger partial charge in [0.2, 0.25) is 0 Å². The van der Waals surface area contributed by atoms with Crippen molar-refractivity contribution in [1.82, 2.24) is 4.98 Å². The van der Waals surface area contributed by atoms with Crippen LogP contribution < -0.4 is 4.52 Å². The molecule has 2 aromatic rings. The van der Waals surface area contributed by atoms with E-state index in [1.807, 2.05) is 22.6 Å². The highest BCUT2D eigenvalue weighted by atomic mass is 127. The zero-order valence-electron chi connectivity index (χ0n) is 7.65. The first kappa shape index (κ1) is 12.2. The van der Waals surface area contributed by atoms with Crippen LogP contribution in [0.5, 0.6) is 5.75 Å². The molecule has 0 saturated heterocycles. The lowest BCUT2D eigenvalue weighted by molar-refractivity contribution is 0.284. The molecule has 0 spiro atoms. The number of phosphoric acid groups is 1. The normalized spacial score (nSPS) is 12.0. The van der Waals surface area contributed by atoms with Gasteiger partial charge in [-0.1, -0.05) is 11.6 Å². The van der Waals surface area contributed by atoms with E-state index >= 15 is 0 Å². The SMILES string of the molecule is O=P(O)(O)Oc1c[nH]c2ccc(I)c(Cl)c12. The van der Waals surface area contributed by atoms with Crippen LogP contribution in [0.1, 0.15) is 0 Å². The van der Waals surface area contributed by atoms with E-state index in [1.165, 1.54) is 6.20 Å². The molecule has 8 heteroatoms. The van der Waals surface area contributed by atoms with E-state index in [4.69, 9.17) is 21.4 Å². The van der Waals surface area contributed by atoms with E-state index in [-0.39, 0.29) is 5.75 Å². The number of H-pyrrole nitrogens is 1. The molecule has 1 heterocycles. The Kier molecular flexibility index (Phi) is 3.20. The van der Waals surface area contributed by atoms with Gasteiger partial charge in [0.05, 0.1) is 15.9 Å². The van der Waals surface area contributed by atoms with Gasteiger partial charge in [-0.3, -0.25) is 9.79 Å². The fourth-order valence-corrected chi connectivity index (χ4v) is 2.44. The maximum absolute atomic E-state index is 10.8. The minimum Gasteiger partial charge on any atom is -0.402 e. The average molecular weight is 373 g/mol. The van der Waals surface area contributed by atoms with Gasteiger partial charge in [0, 0.05) is 9.77 Å². The van der Waals surface area contributed by atoms with Crippen molar-refractivity contribution in [3.63, 3.8) is 0 Å². The van der Waals surface area contributed by atoms with Crippen LogP contribution in [0, 0.1) is 3.57 Å². The lowest BCUT2D eigenvalue weighted by Crippen LogP contribution is -1.89. The molecule has 0 unspecified atom stereocenters. The highest BCUT2D eigenvalue weighted by molar-refractivity contribution is 14.1. The lowest BCUT2D eigenvalue weighted by Gasteiger charge is -2.06. The molecule has 0 radical (unpaired) electrons. The Balaban J connectivity index is 2.63. The van der Waals surface area contributed by atoms with Gasteiger partial charge in [-0.2, -0.15) is 0 Å². The van der Waals surface area contributed by atoms with E-state index in [0.29, 0.717) is 15.9 Å². The van der Waals surface area contributed by atoms with Gasteiger partial charge in [0.1, 0.15) is 0 Å². The van der Waals surface area contributed by atoms with Crippen LogP contribution in [0.25, 0.3) is 10.9 Å². The first-order chi connectivity index (χ1) is 7.38. The topological polar surface area (TPSA) is 82.6 Å². The molecule has 0 fully saturated rings. The number of hydrogen-bond donors (Lipinski definition) is 3. The fourth-order valence-electron chi connectivity index (χ4n) is 1.33. The van der Waals surface area contributed by atoms with Crippen molar-refractivity contribution in [3.8, 4) is 5.75 Å². The summed E-state index contributed by atoms with van der Waals surface area (Å²) in [6.07, 6.45) is 1.37. The van der Waals surface area contributed by atoms with Gasteiger partial charge in [-0.25, -0.2) is 4.57 Å². The Bertz CT molecular complexity index is 593. The van der Waals surface area contributed by atoms with Gasteiger partial charge in [0.25, 0.3) is 0 Å². The standard InChI is InChI=1S/C8H6ClINO4P/c9-8-4(10)1-2-5-7(8)6(3-11-5)15-16(12,13)14/h1-3,11H,(H2,12,13,14). The van der Waals surface area contributed by atoms with Crippen molar-refractivity contribution in [1.29, 1.82) is 0 Å².